The standard InChI is InChI=1S/C37H34N4O/c1-21(2)29-18-26(25-10-8-7-9-11-25)19-30(22(3)4)34(29)41-32-20-38-17-16-31(32)40-36(41)28-14-12-23(5)33-27-15-13-24(6)39-37(27)42-35(28)33/h7-22H,1-6H3/i5D3. The van der Waals surface area contributed by atoms with Crippen LogP contribution in [-0.4, -0.2) is 19.5 Å². The summed E-state index contributed by atoms with van der Waals surface area (Å²) in [6.07, 6.45) is 3.60. The molecule has 0 aliphatic rings. The number of pyridine rings is 2. The van der Waals surface area contributed by atoms with E-state index in [1.165, 1.54) is 16.7 Å². The Bertz CT molecular complexity index is 2200. The molecule has 4 heterocycles. The number of fused-ring (bicyclic) bond motifs is 4. The van der Waals surface area contributed by atoms with E-state index < -0.39 is 6.85 Å². The molecule has 42 heavy (non-hydrogen) atoms. The average Bonchev–Trinajstić information content (AvgIpc) is 3.58. The van der Waals surface area contributed by atoms with Crippen molar-refractivity contribution in [3.63, 3.8) is 0 Å². The summed E-state index contributed by atoms with van der Waals surface area (Å²) in [5.74, 6) is 1.05. The molecule has 0 saturated carbocycles. The third kappa shape index (κ3) is 4.11. The minimum Gasteiger partial charge on any atom is -0.437 e. The second-order valence-electron chi connectivity index (χ2n) is 11.6. The number of imidazole rings is 1. The second kappa shape index (κ2) is 9.95. The van der Waals surface area contributed by atoms with Gasteiger partial charge in [-0.1, -0.05) is 64.1 Å². The van der Waals surface area contributed by atoms with Crippen LogP contribution in [-0.2, 0) is 0 Å². The summed E-state index contributed by atoms with van der Waals surface area (Å²) in [5.41, 5.74) is 9.98. The highest BCUT2D eigenvalue weighted by Gasteiger charge is 2.26. The van der Waals surface area contributed by atoms with Gasteiger partial charge in [-0.05, 0) is 89.8 Å². The van der Waals surface area contributed by atoms with E-state index in [0.717, 1.165) is 28.0 Å². The lowest BCUT2D eigenvalue weighted by Crippen LogP contribution is -2.09. The van der Waals surface area contributed by atoms with Gasteiger partial charge in [0, 0.05) is 26.8 Å². The number of hydrogen-bond donors (Lipinski definition) is 0. The van der Waals surface area contributed by atoms with E-state index in [0.29, 0.717) is 33.5 Å². The summed E-state index contributed by atoms with van der Waals surface area (Å²) in [7, 11) is 0. The number of hydrogen-bond acceptors (Lipinski definition) is 4. The molecule has 0 aliphatic heterocycles. The third-order valence-electron chi connectivity index (χ3n) is 8.07. The van der Waals surface area contributed by atoms with E-state index in [1.807, 2.05) is 43.5 Å². The van der Waals surface area contributed by atoms with Gasteiger partial charge in [-0.2, -0.15) is 0 Å². The predicted molar refractivity (Wildman–Crippen MR) is 172 cm³/mol. The predicted octanol–water partition coefficient (Wildman–Crippen LogP) is 9.91. The molecule has 7 rings (SSSR count). The quantitative estimate of drug-likeness (QED) is 0.213. The topological polar surface area (TPSA) is 56.7 Å². The number of furan rings is 1. The average molecular weight is 554 g/mol. The first-order chi connectivity index (χ1) is 21.5. The molecular formula is C37H34N4O. The van der Waals surface area contributed by atoms with Crippen molar-refractivity contribution in [2.45, 2.75) is 53.3 Å². The lowest BCUT2D eigenvalue weighted by Gasteiger charge is -2.24. The number of rotatable bonds is 5. The van der Waals surface area contributed by atoms with Crippen molar-refractivity contribution < 1.29 is 8.53 Å². The molecule has 3 aromatic carbocycles. The first-order valence-corrected chi connectivity index (χ1v) is 14.4. The summed E-state index contributed by atoms with van der Waals surface area (Å²) in [4.78, 5) is 14.3. The van der Waals surface area contributed by atoms with E-state index >= 15 is 0 Å². The fraction of sp³-hybridized carbons (Fsp3) is 0.216. The van der Waals surface area contributed by atoms with E-state index in [2.05, 4.69) is 78.6 Å². The molecular weight excluding hydrogens is 516 g/mol. The van der Waals surface area contributed by atoms with Crippen LogP contribution < -0.4 is 0 Å². The van der Waals surface area contributed by atoms with Crippen LogP contribution in [0.1, 0.15) is 66.0 Å². The molecule has 4 aromatic heterocycles. The Morgan fingerprint density at radius 2 is 1.60 bits per heavy atom. The summed E-state index contributed by atoms with van der Waals surface area (Å²) >= 11 is 0. The molecule has 5 nitrogen and oxygen atoms in total. The molecule has 5 heteroatoms. The SMILES string of the molecule is [2H]C([2H])([2H])c1ccc(-c2nc3ccncc3n2-c2c(C(C)C)cc(-c3ccccc3)cc2C(C)C)c2oc3nc(C)ccc3c12. The van der Waals surface area contributed by atoms with Gasteiger partial charge in [0.15, 0.2) is 0 Å². The zero-order valence-electron chi connectivity index (χ0n) is 27.4. The largest absolute Gasteiger partial charge is 0.437 e. The Morgan fingerprint density at radius 3 is 2.31 bits per heavy atom. The fourth-order valence-corrected chi connectivity index (χ4v) is 5.98. The first-order valence-electron chi connectivity index (χ1n) is 15.9. The molecule has 0 N–H and O–H groups in total. The Hall–Kier alpha value is -4.77. The number of aryl methyl sites for hydroxylation is 2. The van der Waals surface area contributed by atoms with Gasteiger partial charge in [0.2, 0.25) is 5.71 Å². The molecule has 0 radical (unpaired) electrons. The smallest absolute Gasteiger partial charge is 0.227 e. The van der Waals surface area contributed by atoms with Gasteiger partial charge < -0.3 is 4.42 Å². The zero-order chi connectivity index (χ0) is 31.6. The minimum absolute atomic E-state index is 0.194. The van der Waals surface area contributed by atoms with Crippen molar-refractivity contribution in [1.82, 2.24) is 19.5 Å². The molecule has 0 bridgehead atoms. The normalized spacial score (nSPS) is 13.4. The lowest BCUT2D eigenvalue weighted by molar-refractivity contribution is 0.653. The van der Waals surface area contributed by atoms with Gasteiger partial charge in [0.05, 0.1) is 28.5 Å². The minimum atomic E-state index is -2.34. The third-order valence-corrected chi connectivity index (χ3v) is 8.07. The highest BCUT2D eigenvalue weighted by Crippen LogP contribution is 2.42. The van der Waals surface area contributed by atoms with E-state index in [1.54, 1.807) is 12.3 Å². The van der Waals surface area contributed by atoms with Crippen LogP contribution in [0, 0.1) is 13.8 Å². The molecule has 0 atom stereocenters. The summed E-state index contributed by atoms with van der Waals surface area (Å²) in [6.45, 7) is 8.41. The Balaban J connectivity index is 1.61. The molecule has 0 fully saturated rings. The Kier molecular flexibility index (Phi) is 5.42. The van der Waals surface area contributed by atoms with Crippen molar-refractivity contribution in [2.75, 3.05) is 0 Å². The zero-order valence-corrected chi connectivity index (χ0v) is 24.4. The van der Waals surface area contributed by atoms with Crippen molar-refractivity contribution in [1.29, 1.82) is 0 Å². The van der Waals surface area contributed by atoms with Gasteiger partial charge >= 0.3 is 0 Å². The van der Waals surface area contributed by atoms with Crippen molar-refractivity contribution in [3.05, 3.63) is 108 Å². The monoisotopic (exact) mass is 553 g/mol. The van der Waals surface area contributed by atoms with Crippen LogP contribution in [0.3, 0.4) is 0 Å². The van der Waals surface area contributed by atoms with Crippen molar-refractivity contribution in [3.8, 4) is 28.2 Å². The molecule has 0 spiro atoms. The molecule has 208 valence electrons. The van der Waals surface area contributed by atoms with Crippen LogP contribution in [0.2, 0.25) is 0 Å². The van der Waals surface area contributed by atoms with Gasteiger partial charge in [-0.25, -0.2) is 9.97 Å². The highest BCUT2D eigenvalue weighted by molar-refractivity contribution is 6.10. The number of aromatic nitrogens is 4. The van der Waals surface area contributed by atoms with E-state index in [-0.39, 0.29) is 17.4 Å². The van der Waals surface area contributed by atoms with Crippen LogP contribution >= 0.6 is 0 Å². The highest BCUT2D eigenvalue weighted by atomic mass is 16.3. The van der Waals surface area contributed by atoms with Crippen molar-refractivity contribution in [2.24, 2.45) is 0 Å². The van der Waals surface area contributed by atoms with Crippen LogP contribution in [0.25, 0.3) is 61.3 Å². The molecule has 0 aliphatic carbocycles. The van der Waals surface area contributed by atoms with Crippen LogP contribution in [0.4, 0.5) is 0 Å². The lowest BCUT2D eigenvalue weighted by atomic mass is 9.88. The van der Waals surface area contributed by atoms with Gasteiger partial charge in [0.25, 0.3) is 0 Å². The maximum Gasteiger partial charge on any atom is 0.227 e. The molecule has 0 unspecified atom stereocenters. The number of benzene rings is 3. The maximum absolute atomic E-state index is 8.33. The second-order valence-corrected chi connectivity index (χ2v) is 11.6. The number of nitrogens with zero attached hydrogens (tertiary/aromatic N) is 4. The molecule has 0 amide bonds. The Morgan fingerprint density at radius 1 is 0.833 bits per heavy atom. The maximum atomic E-state index is 8.33. The molecule has 0 saturated heterocycles. The van der Waals surface area contributed by atoms with E-state index in [4.69, 9.17) is 13.5 Å². The summed E-state index contributed by atoms with van der Waals surface area (Å²) in [6, 6.07) is 24.2. The van der Waals surface area contributed by atoms with Gasteiger partial charge in [-0.15, -0.1) is 0 Å². The van der Waals surface area contributed by atoms with Gasteiger partial charge in [0.1, 0.15) is 11.4 Å². The summed E-state index contributed by atoms with van der Waals surface area (Å²) in [5, 5.41) is 1.21. The van der Waals surface area contributed by atoms with Gasteiger partial charge in [-0.3, -0.25) is 9.55 Å². The Labute approximate surface area is 250 Å². The van der Waals surface area contributed by atoms with E-state index in [9.17, 15) is 0 Å². The summed E-state index contributed by atoms with van der Waals surface area (Å²) < 4.78 is 33.6. The van der Waals surface area contributed by atoms with Crippen molar-refractivity contribution >= 4 is 33.1 Å². The van der Waals surface area contributed by atoms with Crippen LogP contribution in [0.15, 0.2) is 89.6 Å². The van der Waals surface area contributed by atoms with Crippen LogP contribution in [0.5, 0.6) is 0 Å². The fourth-order valence-electron chi connectivity index (χ4n) is 5.98. The molecule has 7 aromatic rings. The first kappa shape index (κ1) is 22.9.